The summed E-state index contributed by atoms with van der Waals surface area (Å²) in [6.07, 6.45) is 1.98. The van der Waals surface area contributed by atoms with E-state index in [0.717, 1.165) is 18.2 Å². The maximum atomic E-state index is 12.8. The lowest BCUT2D eigenvalue weighted by Gasteiger charge is -2.22. The monoisotopic (exact) mass is 345 g/mol. The maximum absolute atomic E-state index is 12.8. The summed E-state index contributed by atoms with van der Waals surface area (Å²) in [6.45, 7) is 5.17. The van der Waals surface area contributed by atoms with Crippen molar-refractivity contribution < 1.29 is 13.2 Å². The van der Waals surface area contributed by atoms with Crippen LogP contribution in [0.4, 0.5) is 0 Å². The highest BCUT2D eigenvalue weighted by atomic mass is 32.2. The lowest BCUT2D eigenvalue weighted by atomic mass is 10.1. The fraction of sp³-hybridized carbons (Fsp3) is 0.316. The van der Waals surface area contributed by atoms with Crippen LogP contribution in [-0.2, 0) is 16.4 Å². The van der Waals surface area contributed by atoms with Crippen molar-refractivity contribution >= 4 is 15.7 Å². The Balaban J connectivity index is 2.27. The van der Waals surface area contributed by atoms with Crippen LogP contribution in [0.2, 0.25) is 0 Å². The number of carbonyl (C=O) groups excluding carboxylic acids is 1. The summed E-state index contributed by atoms with van der Waals surface area (Å²) >= 11 is 0. The van der Waals surface area contributed by atoms with E-state index in [1.165, 1.54) is 17.7 Å². The van der Waals surface area contributed by atoms with E-state index in [1.807, 2.05) is 38.1 Å². The molecule has 1 amide bonds. The van der Waals surface area contributed by atoms with Crippen molar-refractivity contribution in [1.29, 1.82) is 0 Å². The van der Waals surface area contributed by atoms with Gasteiger partial charge >= 0.3 is 0 Å². The molecule has 24 heavy (non-hydrogen) atoms. The Hall–Kier alpha value is -2.14. The van der Waals surface area contributed by atoms with Gasteiger partial charge in [0, 0.05) is 24.9 Å². The van der Waals surface area contributed by atoms with Gasteiger partial charge in [-0.1, -0.05) is 42.8 Å². The predicted molar refractivity (Wildman–Crippen MR) is 95.8 cm³/mol. The maximum Gasteiger partial charge on any atom is 0.254 e. The van der Waals surface area contributed by atoms with E-state index >= 15 is 0 Å². The highest BCUT2D eigenvalue weighted by Gasteiger charge is 2.17. The molecule has 0 aliphatic rings. The second-order valence-electron chi connectivity index (χ2n) is 6.01. The molecule has 0 saturated heterocycles. The Morgan fingerprint density at radius 3 is 2.33 bits per heavy atom. The average molecular weight is 345 g/mol. The van der Waals surface area contributed by atoms with Crippen molar-refractivity contribution in [2.75, 3.05) is 12.8 Å². The summed E-state index contributed by atoms with van der Waals surface area (Å²) in [5.41, 5.74) is 2.63. The molecule has 0 radical (unpaired) electrons. The number of hydrogen-bond acceptors (Lipinski definition) is 3. The number of nitrogens with zero attached hydrogens (tertiary/aromatic N) is 1. The van der Waals surface area contributed by atoms with Gasteiger partial charge in [0.25, 0.3) is 5.91 Å². The molecule has 0 bridgehead atoms. The SMILES string of the molecule is CCCN(Cc1ccc(C)cc1)C(=O)c1cccc(S(C)(=O)=O)c1. The number of amides is 1. The average Bonchev–Trinajstić information content (AvgIpc) is 2.55. The Bertz CT molecular complexity index is 811. The second kappa shape index (κ2) is 7.62. The molecule has 0 aliphatic carbocycles. The zero-order valence-corrected chi connectivity index (χ0v) is 15.1. The molecular weight excluding hydrogens is 322 g/mol. The fourth-order valence-corrected chi connectivity index (χ4v) is 3.15. The first kappa shape index (κ1) is 18.2. The quantitative estimate of drug-likeness (QED) is 0.806. The van der Waals surface area contributed by atoms with E-state index in [1.54, 1.807) is 17.0 Å². The zero-order valence-electron chi connectivity index (χ0n) is 14.3. The molecule has 2 aromatic rings. The zero-order chi connectivity index (χ0) is 17.7. The number of rotatable bonds is 6. The largest absolute Gasteiger partial charge is 0.334 e. The van der Waals surface area contributed by atoms with Crippen molar-refractivity contribution in [2.24, 2.45) is 0 Å². The highest BCUT2D eigenvalue weighted by molar-refractivity contribution is 7.90. The topological polar surface area (TPSA) is 54.5 Å². The fourth-order valence-electron chi connectivity index (χ4n) is 2.48. The summed E-state index contributed by atoms with van der Waals surface area (Å²) in [5.74, 6) is -0.150. The molecule has 2 aromatic carbocycles. The molecule has 0 saturated carbocycles. The third-order valence-electron chi connectivity index (χ3n) is 3.78. The van der Waals surface area contributed by atoms with Gasteiger partial charge < -0.3 is 4.90 Å². The van der Waals surface area contributed by atoms with Crippen molar-refractivity contribution in [3.8, 4) is 0 Å². The standard InChI is InChI=1S/C19H23NO3S/c1-4-12-20(14-16-10-8-15(2)9-11-16)19(21)17-6-5-7-18(13-17)24(3,22)23/h5-11,13H,4,12,14H2,1-3H3. The van der Waals surface area contributed by atoms with Crippen LogP contribution in [0.25, 0.3) is 0 Å². The minimum Gasteiger partial charge on any atom is -0.334 e. The minimum absolute atomic E-state index is 0.150. The molecule has 0 heterocycles. The first-order valence-electron chi connectivity index (χ1n) is 7.96. The predicted octanol–water partition coefficient (Wildman–Crippen LogP) is 3.45. The van der Waals surface area contributed by atoms with Crippen molar-refractivity contribution in [2.45, 2.75) is 31.7 Å². The van der Waals surface area contributed by atoms with Gasteiger partial charge in [-0.3, -0.25) is 4.79 Å². The number of hydrogen-bond donors (Lipinski definition) is 0. The van der Waals surface area contributed by atoms with Crippen LogP contribution in [0, 0.1) is 6.92 Å². The van der Waals surface area contributed by atoms with Gasteiger partial charge in [0.05, 0.1) is 4.90 Å². The molecular formula is C19H23NO3S. The van der Waals surface area contributed by atoms with E-state index in [4.69, 9.17) is 0 Å². The van der Waals surface area contributed by atoms with Crippen LogP contribution in [0.5, 0.6) is 0 Å². The molecule has 5 heteroatoms. The molecule has 0 aliphatic heterocycles. The van der Waals surface area contributed by atoms with Gasteiger partial charge in [0.15, 0.2) is 9.84 Å². The summed E-state index contributed by atoms with van der Waals surface area (Å²) in [6, 6.07) is 14.3. The molecule has 0 N–H and O–H groups in total. The van der Waals surface area contributed by atoms with Crippen LogP contribution in [0.15, 0.2) is 53.4 Å². The van der Waals surface area contributed by atoms with E-state index in [9.17, 15) is 13.2 Å². The van der Waals surface area contributed by atoms with Crippen molar-refractivity contribution in [3.63, 3.8) is 0 Å². The molecule has 4 nitrogen and oxygen atoms in total. The molecule has 128 valence electrons. The van der Waals surface area contributed by atoms with E-state index in [-0.39, 0.29) is 10.8 Å². The Morgan fingerprint density at radius 2 is 1.75 bits per heavy atom. The van der Waals surface area contributed by atoms with Crippen LogP contribution in [0.1, 0.15) is 34.8 Å². The minimum atomic E-state index is -3.33. The van der Waals surface area contributed by atoms with Gasteiger partial charge in [-0.05, 0) is 37.1 Å². The van der Waals surface area contributed by atoms with E-state index in [2.05, 4.69) is 0 Å². The molecule has 0 spiro atoms. The number of aryl methyl sites for hydroxylation is 1. The van der Waals surface area contributed by atoms with E-state index < -0.39 is 9.84 Å². The summed E-state index contributed by atoms with van der Waals surface area (Å²) in [5, 5.41) is 0. The third-order valence-corrected chi connectivity index (χ3v) is 4.89. The number of carbonyl (C=O) groups is 1. The first-order chi connectivity index (χ1) is 11.3. The summed E-state index contributed by atoms with van der Waals surface area (Å²) in [7, 11) is -3.33. The lowest BCUT2D eigenvalue weighted by molar-refractivity contribution is 0.0743. The highest BCUT2D eigenvalue weighted by Crippen LogP contribution is 2.16. The van der Waals surface area contributed by atoms with Gasteiger partial charge in [-0.25, -0.2) is 8.42 Å². The first-order valence-corrected chi connectivity index (χ1v) is 9.85. The Kier molecular flexibility index (Phi) is 5.78. The number of benzene rings is 2. The van der Waals surface area contributed by atoms with Crippen LogP contribution in [-0.4, -0.2) is 32.0 Å². The lowest BCUT2D eigenvalue weighted by Crippen LogP contribution is -2.31. The van der Waals surface area contributed by atoms with Crippen LogP contribution >= 0.6 is 0 Å². The van der Waals surface area contributed by atoms with Gasteiger partial charge in [-0.15, -0.1) is 0 Å². The van der Waals surface area contributed by atoms with Crippen LogP contribution < -0.4 is 0 Å². The van der Waals surface area contributed by atoms with Gasteiger partial charge in [0.1, 0.15) is 0 Å². The normalized spacial score (nSPS) is 11.3. The molecule has 2 rings (SSSR count). The van der Waals surface area contributed by atoms with Gasteiger partial charge in [0.2, 0.25) is 0 Å². The number of sulfone groups is 1. The van der Waals surface area contributed by atoms with Crippen molar-refractivity contribution in [1.82, 2.24) is 4.90 Å². The molecule has 0 aromatic heterocycles. The second-order valence-corrected chi connectivity index (χ2v) is 8.03. The molecule has 0 unspecified atom stereocenters. The van der Waals surface area contributed by atoms with Gasteiger partial charge in [-0.2, -0.15) is 0 Å². The smallest absolute Gasteiger partial charge is 0.254 e. The van der Waals surface area contributed by atoms with Crippen LogP contribution in [0.3, 0.4) is 0 Å². The summed E-state index contributed by atoms with van der Waals surface area (Å²) < 4.78 is 23.4. The molecule has 0 atom stereocenters. The third kappa shape index (κ3) is 4.68. The molecule has 0 fully saturated rings. The summed E-state index contributed by atoms with van der Waals surface area (Å²) in [4.78, 5) is 14.7. The van der Waals surface area contributed by atoms with Crippen molar-refractivity contribution in [3.05, 3.63) is 65.2 Å². The van der Waals surface area contributed by atoms with E-state index in [0.29, 0.717) is 18.7 Å². The Labute approximate surface area is 144 Å². The Morgan fingerprint density at radius 1 is 1.08 bits per heavy atom.